The molecule has 0 unspecified atom stereocenters. The molecule has 2 heterocycles. The molecule has 1 amide bonds. The van der Waals surface area contributed by atoms with Gasteiger partial charge in [0.25, 0.3) is 0 Å². The van der Waals surface area contributed by atoms with Crippen molar-refractivity contribution in [3.63, 3.8) is 0 Å². The van der Waals surface area contributed by atoms with E-state index < -0.39 is 0 Å². The lowest BCUT2D eigenvalue weighted by atomic mass is 9.95. The van der Waals surface area contributed by atoms with Crippen LogP contribution >= 0.6 is 0 Å². The van der Waals surface area contributed by atoms with Crippen molar-refractivity contribution in [2.75, 3.05) is 18.0 Å². The van der Waals surface area contributed by atoms with Gasteiger partial charge in [-0.2, -0.15) is 0 Å². The van der Waals surface area contributed by atoms with E-state index in [-0.39, 0.29) is 17.6 Å². The van der Waals surface area contributed by atoms with Crippen LogP contribution in [0.15, 0.2) is 30.3 Å². The van der Waals surface area contributed by atoms with Crippen molar-refractivity contribution in [3.05, 3.63) is 52.8 Å². The molecule has 33 heavy (non-hydrogen) atoms. The third kappa shape index (κ3) is 4.23. The highest BCUT2D eigenvalue weighted by molar-refractivity contribution is 5.83. The standard InChI is InChI=1S/C27H33FN4O/c1-17-15-24-25(16-18(17)2)32(22-8-9-23(28)19(3)14-22)27(30-24)31-12-10-20(11-13-31)26(33)29-21-6-4-5-7-21/h8-9,14-16,20-21H,4-7,10-13H2,1-3H3,(H,29,33). The van der Waals surface area contributed by atoms with E-state index in [4.69, 9.17) is 4.98 Å². The van der Waals surface area contributed by atoms with Gasteiger partial charge in [0.1, 0.15) is 5.82 Å². The summed E-state index contributed by atoms with van der Waals surface area (Å²) in [6.07, 6.45) is 6.32. The monoisotopic (exact) mass is 448 g/mol. The molecule has 2 aliphatic rings. The number of hydrogen-bond donors (Lipinski definition) is 1. The number of nitrogens with zero attached hydrogens (tertiary/aromatic N) is 3. The van der Waals surface area contributed by atoms with Crippen molar-refractivity contribution in [1.82, 2.24) is 14.9 Å². The number of halogens is 1. The van der Waals surface area contributed by atoms with Crippen LogP contribution in [0.25, 0.3) is 16.7 Å². The third-order valence-corrected chi connectivity index (χ3v) is 7.50. The van der Waals surface area contributed by atoms with Gasteiger partial charge in [0, 0.05) is 30.7 Å². The number of rotatable bonds is 4. The number of anilines is 1. The first kappa shape index (κ1) is 21.9. The highest BCUT2D eigenvalue weighted by Gasteiger charge is 2.30. The molecule has 1 N–H and O–H groups in total. The maximum absolute atomic E-state index is 14.0. The number of hydrogen-bond acceptors (Lipinski definition) is 3. The first-order chi connectivity index (χ1) is 15.9. The summed E-state index contributed by atoms with van der Waals surface area (Å²) in [6, 6.07) is 9.90. The van der Waals surface area contributed by atoms with Crippen molar-refractivity contribution in [1.29, 1.82) is 0 Å². The summed E-state index contributed by atoms with van der Waals surface area (Å²) >= 11 is 0. The second kappa shape index (κ2) is 8.81. The minimum atomic E-state index is -0.203. The van der Waals surface area contributed by atoms with E-state index in [0.29, 0.717) is 11.6 Å². The number of fused-ring (bicyclic) bond motifs is 1. The highest BCUT2D eigenvalue weighted by Crippen LogP contribution is 2.32. The molecule has 5 nitrogen and oxygen atoms in total. The molecule has 174 valence electrons. The maximum Gasteiger partial charge on any atom is 0.223 e. The molecule has 3 aromatic rings. The maximum atomic E-state index is 14.0. The number of amides is 1. The van der Waals surface area contributed by atoms with Gasteiger partial charge < -0.3 is 10.2 Å². The van der Waals surface area contributed by atoms with Crippen molar-refractivity contribution >= 4 is 22.9 Å². The summed E-state index contributed by atoms with van der Waals surface area (Å²) in [7, 11) is 0. The predicted molar refractivity (Wildman–Crippen MR) is 131 cm³/mol. The Balaban J connectivity index is 1.44. The molecule has 1 saturated carbocycles. The lowest BCUT2D eigenvalue weighted by Crippen LogP contribution is -2.43. The van der Waals surface area contributed by atoms with Crippen LogP contribution < -0.4 is 10.2 Å². The number of carbonyl (C=O) groups excluding carboxylic acids is 1. The van der Waals surface area contributed by atoms with Gasteiger partial charge in [-0.15, -0.1) is 0 Å². The fourth-order valence-electron chi connectivity index (χ4n) is 5.29. The number of aromatic nitrogens is 2. The van der Waals surface area contributed by atoms with Crippen molar-refractivity contribution in [2.45, 2.75) is 65.3 Å². The normalized spacial score (nSPS) is 17.8. The Morgan fingerprint density at radius 2 is 1.67 bits per heavy atom. The Morgan fingerprint density at radius 3 is 2.36 bits per heavy atom. The van der Waals surface area contributed by atoms with Gasteiger partial charge in [0.05, 0.1) is 11.0 Å². The topological polar surface area (TPSA) is 50.2 Å². The van der Waals surface area contributed by atoms with E-state index in [0.717, 1.165) is 61.4 Å². The van der Waals surface area contributed by atoms with Crippen LogP contribution in [0, 0.1) is 32.5 Å². The van der Waals surface area contributed by atoms with E-state index in [9.17, 15) is 9.18 Å². The van der Waals surface area contributed by atoms with Crippen LogP contribution in [-0.4, -0.2) is 34.6 Å². The average molecular weight is 449 g/mol. The van der Waals surface area contributed by atoms with Crippen LogP contribution in [0.3, 0.4) is 0 Å². The SMILES string of the molecule is Cc1cc2nc(N3CCC(C(=O)NC4CCCC4)CC3)n(-c3ccc(F)c(C)c3)c2cc1C. The summed E-state index contributed by atoms with van der Waals surface area (Å²) < 4.78 is 16.2. The predicted octanol–water partition coefficient (Wildman–Crippen LogP) is 5.37. The lowest BCUT2D eigenvalue weighted by Gasteiger charge is -2.33. The number of carbonyl (C=O) groups is 1. The number of nitrogens with one attached hydrogen (secondary N) is 1. The summed E-state index contributed by atoms with van der Waals surface area (Å²) in [4.78, 5) is 20.1. The summed E-state index contributed by atoms with van der Waals surface area (Å²) in [6.45, 7) is 7.57. The minimum absolute atomic E-state index is 0.0669. The van der Waals surface area contributed by atoms with Crippen molar-refractivity contribution < 1.29 is 9.18 Å². The number of imidazole rings is 1. The van der Waals surface area contributed by atoms with Gasteiger partial charge in [0.15, 0.2) is 0 Å². The molecule has 6 heteroatoms. The van der Waals surface area contributed by atoms with E-state index in [1.165, 1.54) is 30.0 Å². The summed E-state index contributed by atoms with van der Waals surface area (Å²) in [5.74, 6) is 0.953. The summed E-state index contributed by atoms with van der Waals surface area (Å²) in [5, 5.41) is 3.27. The quantitative estimate of drug-likeness (QED) is 0.584. The van der Waals surface area contributed by atoms with E-state index in [2.05, 4.69) is 40.8 Å². The molecule has 2 aromatic carbocycles. The van der Waals surface area contributed by atoms with Gasteiger partial charge in [-0.25, -0.2) is 9.37 Å². The lowest BCUT2D eigenvalue weighted by molar-refractivity contribution is -0.126. The Hall–Kier alpha value is -2.89. The molecule has 0 spiro atoms. The largest absolute Gasteiger partial charge is 0.353 e. The fraction of sp³-hybridized carbons (Fsp3) is 0.481. The van der Waals surface area contributed by atoms with Gasteiger partial charge in [0.2, 0.25) is 11.9 Å². The highest BCUT2D eigenvalue weighted by atomic mass is 19.1. The first-order valence-corrected chi connectivity index (χ1v) is 12.2. The summed E-state index contributed by atoms with van der Waals surface area (Å²) in [5.41, 5.74) is 5.91. The molecule has 5 rings (SSSR count). The zero-order valence-electron chi connectivity index (χ0n) is 19.8. The zero-order chi connectivity index (χ0) is 23.1. The van der Waals surface area contributed by atoms with E-state index >= 15 is 0 Å². The molecule has 2 fully saturated rings. The Kier molecular flexibility index (Phi) is 5.85. The average Bonchev–Trinajstić information content (AvgIpc) is 3.44. The Morgan fingerprint density at radius 1 is 0.970 bits per heavy atom. The second-order valence-electron chi connectivity index (χ2n) is 9.86. The molecule has 0 radical (unpaired) electrons. The molecule has 1 aliphatic carbocycles. The molecular weight excluding hydrogens is 415 g/mol. The van der Waals surface area contributed by atoms with Gasteiger partial charge >= 0.3 is 0 Å². The van der Waals surface area contributed by atoms with Crippen LogP contribution in [0.2, 0.25) is 0 Å². The van der Waals surface area contributed by atoms with Crippen LogP contribution in [0.4, 0.5) is 10.3 Å². The second-order valence-corrected chi connectivity index (χ2v) is 9.86. The minimum Gasteiger partial charge on any atom is -0.353 e. The zero-order valence-corrected chi connectivity index (χ0v) is 19.8. The third-order valence-electron chi connectivity index (χ3n) is 7.50. The number of aryl methyl sites for hydroxylation is 3. The fourth-order valence-corrected chi connectivity index (χ4v) is 5.29. The first-order valence-electron chi connectivity index (χ1n) is 12.2. The molecule has 1 saturated heterocycles. The molecule has 1 aromatic heterocycles. The number of piperidine rings is 1. The smallest absolute Gasteiger partial charge is 0.223 e. The van der Waals surface area contributed by atoms with Crippen LogP contribution in [0.5, 0.6) is 0 Å². The van der Waals surface area contributed by atoms with Crippen LogP contribution in [-0.2, 0) is 4.79 Å². The Labute approximate surface area is 195 Å². The van der Waals surface area contributed by atoms with Gasteiger partial charge in [-0.05, 0) is 93.5 Å². The molecular formula is C27H33FN4O. The van der Waals surface area contributed by atoms with E-state index in [1.54, 1.807) is 6.92 Å². The van der Waals surface area contributed by atoms with Crippen LogP contribution in [0.1, 0.15) is 55.2 Å². The number of benzene rings is 2. The molecule has 0 bridgehead atoms. The molecule has 0 atom stereocenters. The van der Waals surface area contributed by atoms with Crippen molar-refractivity contribution in [2.24, 2.45) is 5.92 Å². The van der Waals surface area contributed by atoms with Gasteiger partial charge in [-0.3, -0.25) is 9.36 Å². The van der Waals surface area contributed by atoms with E-state index in [1.807, 2.05) is 12.1 Å². The van der Waals surface area contributed by atoms with Gasteiger partial charge in [-0.1, -0.05) is 12.8 Å². The molecule has 1 aliphatic heterocycles. The Bertz CT molecular complexity index is 1190. The van der Waals surface area contributed by atoms with Crippen molar-refractivity contribution in [3.8, 4) is 5.69 Å².